The predicted molar refractivity (Wildman–Crippen MR) is 64.6 cm³/mol. The van der Waals surface area contributed by atoms with Gasteiger partial charge in [-0.2, -0.15) is 5.10 Å². The van der Waals surface area contributed by atoms with E-state index in [0.29, 0.717) is 5.69 Å². The maximum Gasteiger partial charge on any atom is 0.130 e. The maximum absolute atomic E-state index is 5.70. The van der Waals surface area contributed by atoms with Crippen molar-refractivity contribution in [2.45, 2.75) is 20.4 Å². The van der Waals surface area contributed by atoms with Crippen molar-refractivity contribution < 1.29 is 0 Å². The van der Waals surface area contributed by atoms with Crippen LogP contribution in [0.25, 0.3) is 0 Å². The quantitative estimate of drug-likeness (QED) is 0.824. The van der Waals surface area contributed by atoms with Crippen LogP contribution in [0.15, 0.2) is 24.5 Å². The number of aryl methyl sites for hydroxylation is 2. The average molecular weight is 217 g/mol. The van der Waals surface area contributed by atoms with Crippen molar-refractivity contribution in [2.75, 3.05) is 11.1 Å². The number of nitrogens with one attached hydrogen (secondary N) is 1. The van der Waals surface area contributed by atoms with Crippen LogP contribution in [0.4, 0.5) is 17.2 Å². The smallest absolute Gasteiger partial charge is 0.130 e. The highest BCUT2D eigenvalue weighted by Crippen LogP contribution is 2.16. The number of pyridine rings is 1. The van der Waals surface area contributed by atoms with E-state index in [1.54, 1.807) is 6.20 Å². The molecule has 0 atom stereocenters. The van der Waals surface area contributed by atoms with Gasteiger partial charge in [0.25, 0.3) is 0 Å². The Morgan fingerprint density at radius 1 is 1.44 bits per heavy atom. The lowest BCUT2D eigenvalue weighted by Crippen LogP contribution is -1.97. The molecule has 0 fully saturated rings. The number of nitrogens with two attached hydrogens (primary N) is 1. The molecule has 0 radical (unpaired) electrons. The van der Waals surface area contributed by atoms with Crippen LogP contribution in [-0.4, -0.2) is 14.8 Å². The van der Waals surface area contributed by atoms with Crippen LogP contribution in [-0.2, 0) is 6.54 Å². The molecule has 0 amide bonds. The van der Waals surface area contributed by atoms with Gasteiger partial charge in [0.1, 0.15) is 5.82 Å². The molecule has 0 aromatic carbocycles. The fourth-order valence-electron chi connectivity index (χ4n) is 1.39. The molecule has 84 valence electrons. The van der Waals surface area contributed by atoms with Crippen molar-refractivity contribution >= 4 is 17.2 Å². The zero-order valence-corrected chi connectivity index (χ0v) is 9.44. The molecule has 0 saturated heterocycles. The Morgan fingerprint density at radius 2 is 2.25 bits per heavy atom. The Kier molecular flexibility index (Phi) is 2.76. The summed E-state index contributed by atoms with van der Waals surface area (Å²) in [5.41, 5.74) is 8.16. The molecular weight excluding hydrogens is 202 g/mol. The molecule has 0 spiro atoms. The number of nitrogens with zero attached hydrogens (tertiary/aromatic N) is 3. The first-order valence-corrected chi connectivity index (χ1v) is 5.21. The van der Waals surface area contributed by atoms with Gasteiger partial charge in [0, 0.05) is 12.7 Å². The van der Waals surface area contributed by atoms with E-state index in [2.05, 4.69) is 15.4 Å². The van der Waals surface area contributed by atoms with Crippen molar-refractivity contribution in [3.63, 3.8) is 0 Å². The second-order valence-electron chi connectivity index (χ2n) is 3.58. The second-order valence-corrected chi connectivity index (χ2v) is 3.58. The highest BCUT2D eigenvalue weighted by atomic mass is 15.3. The van der Waals surface area contributed by atoms with Gasteiger partial charge in [-0.1, -0.05) is 0 Å². The summed E-state index contributed by atoms with van der Waals surface area (Å²) < 4.78 is 1.85. The van der Waals surface area contributed by atoms with E-state index in [0.717, 1.165) is 23.7 Å². The van der Waals surface area contributed by atoms with Gasteiger partial charge >= 0.3 is 0 Å². The van der Waals surface area contributed by atoms with Gasteiger partial charge in [0.05, 0.1) is 23.3 Å². The molecule has 2 aromatic heterocycles. The number of nitrogen functional groups attached to an aromatic ring is 1. The monoisotopic (exact) mass is 217 g/mol. The van der Waals surface area contributed by atoms with E-state index in [4.69, 9.17) is 5.73 Å². The van der Waals surface area contributed by atoms with Crippen molar-refractivity contribution in [2.24, 2.45) is 0 Å². The molecular formula is C11H15N5. The average Bonchev–Trinajstić information content (AvgIpc) is 2.71. The molecule has 3 N–H and O–H groups in total. The largest absolute Gasteiger partial charge is 0.397 e. The van der Waals surface area contributed by atoms with Crippen LogP contribution < -0.4 is 11.1 Å². The van der Waals surface area contributed by atoms with Crippen molar-refractivity contribution in [1.29, 1.82) is 0 Å². The second kappa shape index (κ2) is 4.22. The Bertz CT molecular complexity index is 489. The highest BCUT2D eigenvalue weighted by molar-refractivity contribution is 5.57. The summed E-state index contributed by atoms with van der Waals surface area (Å²) in [5, 5.41) is 7.35. The van der Waals surface area contributed by atoms with Gasteiger partial charge < -0.3 is 11.1 Å². The number of hydrogen-bond acceptors (Lipinski definition) is 4. The minimum absolute atomic E-state index is 0.704. The summed E-state index contributed by atoms with van der Waals surface area (Å²) in [6.45, 7) is 4.79. The summed E-state index contributed by atoms with van der Waals surface area (Å²) in [7, 11) is 0. The molecule has 0 bridgehead atoms. The van der Waals surface area contributed by atoms with E-state index in [-0.39, 0.29) is 0 Å². The van der Waals surface area contributed by atoms with Gasteiger partial charge in [-0.05, 0) is 26.0 Å². The third-order valence-electron chi connectivity index (χ3n) is 2.36. The number of anilines is 3. The van der Waals surface area contributed by atoms with E-state index in [1.807, 2.05) is 36.9 Å². The SMILES string of the molecule is CCn1cc(Nc2ccc(N)c(C)n2)cn1. The molecule has 0 saturated carbocycles. The Morgan fingerprint density at radius 3 is 2.88 bits per heavy atom. The van der Waals surface area contributed by atoms with Crippen LogP contribution in [0.3, 0.4) is 0 Å². The molecule has 2 rings (SSSR count). The van der Waals surface area contributed by atoms with Crippen LogP contribution >= 0.6 is 0 Å². The number of hydrogen-bond donors (Lipinski definition) is 2. The van der Waals surface area contributed by atoms with E-state index in [1.165, 1.54) is 0 Å². The number of rotatable bonds is 3. The summed E-state index contributed by atoms with van der Waals surface area (Å²) in [4.78, 5) is 4.33. The highest BCUT2D eigenvalue weighted by Gasteiger charge is 2.01. The Labute approximate surface area is 94.3 Å². The summed E-state index contributed by atoms with van der Waals surface area (Å²) in [5.74, 6) is 0.780. The minimum Gasteiger partial charge on any atom is -0.397 e. The lowest BCUT2D eigenvalue weighted by molar-refractivity contribution is 0.660. The molecule has 2 aromatic rings. The minimum atomic E-state index is 0.704. The summed E-state index contributed by atoms with van der Waals surface area (Å²) in [6.07, 6.45) is 3.71. The molecule has 0 aliphatic rings. The van der Waals surface area contributed by atoms with Gasteiger partial charge in [0.15, 0.2) is 0 Å². The fourth-order valence-corrected chi connectivity index (χ4v) is 1.39. The van der Waals surface area contributed by atoms with Crippen molar-refractivity contribution in [1.82, 2.24) is 14.8 Å². The van der Waals surface area contributed by atoms with Crippen LogP contribution in [0.5, 0.6) is 0 Å². The first-order chi connectivity index (χ1) is 7.69. The first kappa shape index (κ1) is 10.5. The topological polar surface area (TPSA) is 68.8 Å². The van der Waals surface area contributed by atoms with Crippen LogP contribution in [0.1, 0.15) is 12.6 Å². The maximum atomic E-state index is 5.70. The van der Waals surface area contributed by atoms with Gasteiger partial charge in [0.2, 0.25) is 0 Å². The Balaban J connectivity index is 2.17. The zero-order valence-electron chi connectivity index (χ0n) is 9.44. The van der Waals surface area contributed by atoms with Gasteiger partial charge in [-0.3, -0.25) is 4.68 Å². The first-order valence-electron chi connectivity index (χ1n) is 5.21. The Hall–Kier alpha value is -2.04. The predicted octanol–water partition coefficient (Wildman–Crippen LogP) is 1.93. The van der Waals surface area contributed by atoms with Crippen molar-refractivity contribution in [3.8, 4) is 0 Å². The fraction of sp³-hybridized carbons (Fsp3) is 0.273. The van der Waals surface area contributed by atoms with E-state index >= 15 is 0 Å². The van der Waals surface area contributed by atoms with Gasteiger partial charge in [-0.15, -0.1) is 0 Å². The molecule has 5 nitrogen and oxygen atoms in total. The zero-order chi connectivity index (χ0) is 11.5. The molecule has 16 heavy (non-hydrogen) atoms. The third-order valence-corrected chi connectivity index (χ3v) is 2.36. The number of aromatic nitrogens is 3. The lowest BCUT2D eigenvalue weighted by Gasteiger charge is -2.04. The standard InChI is InChI=1S/C11H15N5/c1-3-16-7-9(6-13-16)15-11-5-4-10(12)8(2)14-11/h4-7H,3,12H2,1-2H3,(H,14,15). The third kappa shape index (κ3) is 2.13. The molecule has 0 unspecified atom stereocenters. The molecule has 5 heteroatoms. The van der Waals surface area contributed by atoms with Crippen LogP contribution in [0.2, 0.25) is 0 Å². The summed E-state index contributed by atoms with van der Waals surface area (Å²) >= 11 is 0. The van der Waals surface area contributed by atoms with Crippen molar-refractivity contribution in [3.05, 3.63) is 30.2 Å². The molecule has 0 aliphatic carbocycles. The van der Waals surface area contributed by atoms with E-state index < -0.39 is 0 Å². The van der Waals surface area contributed by atoms with E-state index in [9.17, 15) is 0 Å². The lowest BCUT2D eigenvalue weighted by atomic mass is 10.3. The van der Waals surface area contributed by atoms with Crippen LogP contribution in [0, 0.1) is 6.92 Å². The normalized spacial score (nSPS) is 10.4. The molecule has 0 aliphatic heterocycles. The van der Waals surface area contributed by atoms with Gasteiger partial charge in [-0.25, -0.2) is 4.98 Å². The summed E-state index contributed by atoms with van der Waals surface area (Å²) in [6, 6.07) is 3.69. The molecule has 2 heterocycles.